The maximum absolute atomic E-state index is 13.3. The molecule has 2 aromatic rings. The fourth-order valence-corrected chi connectivity index (χ4v) is 6.51. The second-order valence-corrected chi connectivity index (χ2v) is 23.5. The molecule has 0 saturated carbocycles. The van der Waals surface area contributed by atoms with Crippen molar-refractivity contribution in [2.45, 2.75) is 117 Å². The zero-order valence-electron chi connectivity index (χ0n) is 26.0. The lowest BCUT2D eigenvalue weighted by atomic mass is 10.0. The molecular formula is C30H48N2O5Si2. The molecule has 2 heterocycles. The van der Waals surface area contributed by atoms with Crippen molar-refractivity contribution in [1.29, 1.82) is 0 Å². The highest BCUT2D eigenvalue weighted by molar-refractivity contribution is 6.74. The van der Waals surface area contributed by atoms with Gasteiger partial charge in [0.15, 0.2) is 22.4 Å². The number of aryl methyl sites for hydroxylation is 1. The van der Waals surface area contributed by atoms with Crippen molar-refractivity contribution in [3.05, 3.63) is 52.1 Å². The van der Waals surface area contributed by atoms with Gasteiger partial charge in [0.1, 0.15) is 12.3 Å². The summed E-state index contributed by atoms with van der Waals surface area (Å²) in [5, 5.41) is 0.127. The second-order valence-electron chi connectivity index (χ2n) is 13.9. The third-order valence-electron chi connectivity index (χ3n) is 8.86. The van der Waals surface area contributed by atoms with E-state index in [1.165, 1.54) is 6.92 Å². The van der Waals surface area contributed by atoms with Crippen LogP contribution in [0, 0.1) is 6.92 Å². The van der Waals surface area contributed by atoms with E-state index in [-0.39, 0.29) is 33.8 Å². The molecule has 1 aromatic carbocycles. The number of benzene rings is 1. The number of hydrogen-bond donors (Lipinski definition) is 0. The smallest absolute Gasteiger partial charge is 0.350 e. The first-order valence-electron chi connectivity index (χ1n) is 13.9. The van der Waals surface area contributed by atoms with Crippen molar-refractivity contribution in [3.63, 3.8) is 0 Å². The molecule has 1 saturated heterocycles. The van der Waals surface area contributed by atoms with Crippen LogP contribution in [0.15, 0.2) is 35.3 Å². The second kappa shape index (κ2) is 11.2. The number of Topliss-reactive ketones (excluding diaryl/α,β-unsaturated/α-hetero) is 1. The van der Waals surface area contributed by atoms with Gasteiger partial charge in [-0.1, -0.05) is 65.8 Å². The van der Waals surface area contributed by atoms with Crippen LogP contribution in [0.3, 0.4) is 0 Å². The van der Waals surface area contributed by atoms with Gasteiger partial charge in [-0.25, -0.2) is 4.79 Å². The van der Waals surface area contributed by atoms with Crippen molar-refractivity contribution in [2.75, 3.05) is 6.61 Å². The Balaban J connectivity index is 1.91. The van der Waals surface area contributed by atoms with E-state index >= 15 is 0 Å². The molecule has 39 heavy (non-hydrogen) atoms. The SMILES string of the molecule is CC(=O)c1ccc(-c2nc(=O)n([C@H]3C[C@H](O[Si](C)(C)C(C)(C)C)[C@@H](CO[Si](C)(C)C(C)(C)C)O3)cc2C)cc1. The number of rotatable bonds is 8. The Morgan fingerprint density at radius 3 is 2.10 bits per heavy atom. The molecule has 3 rings (SSSR count). The van der Waals surface area contributed by atoms with Crippen LogP contribution in [0.25, 0.3) is 11.3 Å². The first-order valence-corrected chi connectivity index (χ1v) is 19.7. The Labute approximate surface area is 236 Å². The molecule has 3 atom stereocenters. The predicted molar refractivity (Wildman–Crippen MR) is 162 cm³/mol. The van der Waals surface area contributed by atoms with Crippen LogP contribution in [-0.4, -0.2) is 50.8 Å². The van der Waals surface area contributed by atoms with Gasteiger partial charge in [0.05, 0.1) is 18.4 Å². The van der Waals surface area contributed by atoms with Gasteiger partial charge in [0.25, 0.3) is 0 Å². The number of carbonyl (C=O) groups is 1. The summed E-state index contributed by atoms with van der Waals surface area (Å²) in [6.07, 6.45) is 1.46. The fourth-order valence-electron chi connectivity index (χ4n) is 4.14. The largest absolute Gasteiger partial charge is 0.414 e. The van der Waals surface area contributed by atoms with E-state index in [0.29, 0.717) is 24.3 Å². The molecule has 216 valence electrons. The minimum Gasteiger partial charge on any atom is -0.414 e. The van der Waals surface area contributed by atoms with Crippen LogP contribution in [0.5, 0.6) is 0 Å². The van der Waals surface area contributed by atoms with Crippen LogP contribution in [-0.2, 0) is 13.6 Å². The van der Waals surface area contributed by atoms with Crippen molar-refractivity contribution < 1.29 is 18.4 Å². The molecule has 0 spiro atoms. The van der Waals surface area contributed by atoms with Gasteiger partial charge in [-0.05, 0) is 55.7 Å². The van der Waals surface area contributed by atoms with E-state index in [4.69, 9.17) is 13.6 Å². The summed E-state index contributed by atoms with van der Waals surface area (Å²) in [6, 6.07) is 7.19. The van der Waals surface area contributed by atoms with Crippen LogP contribution >= 0.6 is 0 Å². The maximum Gasteiger partial charge on any atom is 0.350 e. The number of ether oxygens (including phenoxy) is 1. The van der Waals surface area contributed by atoms with Gasteiger partial charge in [0, 0.05) is 23.7 Å². The molecule has 0 unspecified atom stereocenters. The molecule has 0 bridgehead atoms. The van der Waals surface area contributed by atoms with Gasteiger partial charge >= 0.3 is 5.69 Å². The molecule has 1 aliphatic rings. The summed E-state index contributed by atoms with van der Waals surface area (Å²) in [4.78, 5) is 29.4. The molecule has 0 amide bonds. The Morgan fingerprint density at radius 1 is 1.03 bits per heavy atom. The van der Waals surface area contributed by atoms with Gasteiger partial charge in [-0.2, -0.15) is 4.98 Å². The summed E-state index contributed by atoms with van der Waals surface area (Å²) in [5.41, 5.74) is 2.53. The average molecular weight is 573 g/mol. The number of aromatic nitrogens is 2. The zero-order chi connectivity index (χ0) is 29.6. The average Bonchev–Trinajstić information content (AvgIpc) is 3.19. The quantitative estimate of drug-likeness (QED) is 0.247. The Kier molecular flexibility index (Phi) is 9.05. The first-order chi connectivity index (χ1) is 17.7. The van der Waals surface area contributed by atoms with Crippen LogP contribution in [0.4, 0.5) is 0 Å². The van der Waals surface area contributed by atoms with Crippen LogP contribution in [0.1, 0.15) is 77.0 Å². The highest BCUT2D eigenvalue weighted by Gasteiger charge is 2.46. The standard InChI is InChI=1S/C30H48N2O5Si2/c1-20-18-32(28(34)31-27(20)23-15-13-22(14-16-23)21(2)33)26-17-24(37-39(11,12)30(6,7)8)25(36-26)19-35-38(9,10)29(3,4)5/h13-16,18,24-26H,17,19H2,1-12H3/t24-,25+,26+/m0/s1. The highest BCUT2D eigenvalue weighted by Crippen LogP contribution is 2.42. The molecule has 0 radical (unpaired) electrons. The van der Waals surface area contributed by atoms with E-state index in [0.717, 1.165) is 11.1 Å². The van der Waals surface area contributed by atoms with Crippen molar-refractivity contribution >= 4 is 22.4 Å². The lowest BCUT2D eigenvalue weighted by molar-refractivity contribution is -0.0412. The molecule has 0 aliphatic carbocycles. The van der Waals surface area contributed by atoms with Crippen LogP contribution < -0.4 is 5.69 Å². The van der Waals surface area contributed by atoms with Crippen molar-refractivity contribution in [3.8, 4) is 11.3 Å². The third kappa shape index (κ3) is 7.05. The minimum absolute atomic E-state index is 0.00147. The number of ketones is 1. The summed E-state index contributed by atoms with van der Waals surface area (Å²) in [5.74, 6) is 0.00147. The Hall–Kier alpha value is -1.92. The molecule has 9 heteroatoms. The summed E-state index contributed by atoms with van der Waals surface area (Å²) < 4.78 is 21.6. The van der Waals surface area contributed by atoms with E-state index in [2.05, 4.69) is 72.7 Å². The highest BCUT2D eigenvalue weighted by atomic mass is 28.4. The lowest BCUT2D eigenvalue weighted by Crippen LogP contribution is -2.48. The van der Waals surface area contributed by atoms with E-state index in [9.17, 15) is 9.59 Å². The van der Waals surface area contributed by atoms with Crippen molar-refractivity contribution in [2.24, 2.45) is 0 Å². The minimum atomic E-state index is -2.10. The number of nitrogens with zero attached hydrogens (tertiary/aromatic N) is 2. The first kappa shape index (κ1) is 31.6. The third-order valence-corrected chi connectivity index (χ3v) is 17.9. The van der Waals surface area contributed by atoms with Gasteiger partial charge in [-0.15, -0.1) is 0 Å². The Bertz CT molecular complexity index is 1240. The summed E-state index contributed by atoms with van der Waals surface area (Å²) >= 11 is 0. The molecule has 7 nitrogen and oxygen atoms in total. The maximum atomic E-state index is 13.3. The number of carbonyl (C=O) groups excluding carboxylic acids is 1. The monoisotopic (exact) mass is 572 g/mol. The van der Waals surface area contributed by atoms with E-state index in [1.807, 2.05) is 25.3 Å². The lowest BCUT2D eigenvalue weighted by Gasteiger charge is -2.40. The Morgan fingerprint density at radius 2 is 1.59 bits per heavy atom. The predicted octanol–water partition coefficient (Wildman–Crippen LogP) is 7.12. The van der Waals surface area contributed by atoms with Gasteiger partial charge < -0.3 is 13.6 Å². The fraction of sp³-hybridized carbons (Fsp3) is 0.633. The van der Waals surface area contributed by atoms with Gasteiger partial charge in [-0.3, -0.25) is 9.36 Å². The van der Waals surface area contributed by atoms with Crippen LogP contribution in [0.2, 0.25) is 36.3 Å². The topological polar surface area (TPSA) is 79.7 Å². The summed E-state index contributed by atoms with van der Waals surface area (Å²) in [7, 11) is -4.10. The van der Waals surface area contributed by atoms with E-state index in [1.54, 1.807) is 16.7 Å². The molecule has 0 N–H and O–H groups in total. The van der Waals surface area contributed by atoms with Crippen molar-refractivity contribution in [1.82, 2.24) is 9.55 Å². The normalized spacial score (nSPS) is 20.9. The molecule has 1 fully saturated rings. The van der Waals surface area contributed by atoms with Gasteiger partial charge in [0.2, 0.25) is 0 Å². The number of hydrogen-bond acceptors (Lipinski definition) is 6. The zero-order valence-corrected chi connectivity index (χ0v) is 28.0. The summed E-state index contributed by atoms with van der Waals surface area (Å²) in [6.45, 7) is 26.2. The molecular weight excluding hydrogens is 525 g/mol. The molecule has 1 aliphatic heterocycles. The molecule has 1 aromatic heterocycles. The van der Waals surface area contributed by atoms with E-state index < -0.39 is 22.9 Å².